The van der Waals surface area contributed by atoms with Gasteiger partial charge in [-0.3, -0.25) is 0 Å². The molecule has 0 saturated carbocycles. The van der Waals surface area contributed by atoms with Crippen LogP contribution < -0.4 is 0 Å². The minimum absolute atomic E-state index is 0. The molecule has 2 aromatic carbocycles. The number of allylic oxidation sites excluding steroid dienone is 1. The molecule has 2 aromatic rings. The van der Waals surface area contributed by atoms with Crippen molar-refractivity contribution in [1.82, 2.24) is 0 Å². The molecule has 1 unspecified atom stereocenters. The monoisotopic (exact) mass is 453 g/mol. The molecular formula is C19H18IrN-. The van der Waals surface area contributed by atoms with Crippen LogP contribution in [0.25, 0.3) is 0 Å². The molecule has 1 aliphatic rings. The Morgan fingerprint density at radius 2 is 1.76 bits per heavy atom. The van der Waals surface area contributed by atoms with Gasteiger partial charge in [0.1, 0.15) is 0 Å². The van der Waals surface area contributed by atoms with E-state index in [0.29, 0.717) is 0 Å². The second-order valence-corrected chi connectivity index (χ2v) is 5.42. The smallest absolute Gasteiger partial charge is 0.0127 e. The van der Waals surface area contributed by atoms with Crippen LogP contribution in [0.3, 0.4) is 0 Å². The quantitative estimate of drug-likeness (QED) is 0.595. The van der Waals surface area contributed by atoms with E-state index in [9.17, 15) is 0 Å². The number of aryl methyl sites for hydroxylation is 3. The fourth-order valence-corrected chi connectivity index (χ4v) is 3.09. The second kappa shape index (κ2) is 6.51. The Morgan fingerprint density at radius 3 is 2.38 bits per heavy atom. The summed E-state index contributed by atoms with van der Waals surface area (Å²) in [6, 6.07) is 15.8. The van der Waals surface area contributed by atoms with Gasteiger partial charge < -0.3 is 4.99 Å². The van der Waals surface area contributed by atoms with Crippen LogP contribution in [0.5, 0.6) is 0 Å². The minimum Gasteiger partial charge on any atom is -0.308 e. The van der Waals surface area contributed by atoms with Crippen LogP contribution in [0.1, 0.15) is 33.7 Å². The van der Waals surface area contributed by atoms with E-state index < -0.39 is 0 Å². The molecule has 0 aromatic heterocycles. The number of benzene rings is 2. The van der Waals surface area contributed by atoms with E-state index in [4.69, 9.17) is 0 Å². The molecule has 1 aliphatic heterocycles. The summed E-state index contributed by atoms with van der Waals surface area (Å²) >= 11 is 0. The summed E-state index contributed by atoms with van der Waals surface area (Å²) in [4.78, 5) is 4.57. The van der Waals surface area contributed by atoms with Crippen molar-refractivity contribution in [3.8, 4) is 0 Å². The van der Waals surface area contributed by atoms with Crippen LogP contribution in [-0.4, -0.2) is 5.71 Å². The summed E-state index contributed by atoms with van der Waals surface area (Å²) in [5.41, 5.74) is 7.55. The van der Waals surface area contributed by atoms with Crippen LogP contribution in [0.4, 0.5) is 0 Å². The molecule has 1 nitrogen and oxygen atoms in total. The van der Waals surface area contributed by atoms with Gasteiger partial charge in [0.05, 0.1) is 0 Å². The zero-order valence-electron chi connectivity index (χ0n) is 12.5. The third-order valence-corrected chi connectivity index (χ3v) is 3.82. The fraction of sp³-hybridized carbons (Fsp3) is 0.211. The van der Waals surface area contributed by atoms with Crippen molar-refractivity contribution >= 4 is 5.71 Å². The van der Waals surface area contributed by atoms with Gasteiger partial charge in [-0.25, -0.2) is 0 Å². The van der Waals surface area contributed by atoms with E-state index in [0.717, 1.165) is 11.3 Å². The van der Waals surface area contributed by atoms with Crippen LogP contribution in [-0.2, 0) is 20.1 Å². The molecule has 109 valence electrons. The number of rotatable bonds is 2. The number of hydrogen-bond donors (Lipinski definition) is 0. The first-order valence-corrected chi connectivity index (χ1v) is 6.96. The summed E-state index contributed by atoms with van der Waals surface area (Å²) in [6.45, 7) is 6.52. The van der Waals surface area contributed by atoms with E-state index in [1.807, 2.05) is 24.4 Å². The Morgan fingerprint density at radius 1 is 1.05 bits per heavy atom. The van der Waals surface area contributed by atoms with Crippen LogP contribution >= 0.6 is 0 Å². The fourth-order valence-electron chi connectivity index (χ4n) is 3.09. The molecule has 21 heavy (non-hydrogen) atoms. The number of aliphatic imine (C=N–C) groups is 1. The van der Waals surface area contributed by atoms with Gasteiger partial charge in [-0.2, -0.15) is 0 Å². The molecule has 0 saturated heterocycles. The molecule has 1 heterocycles. The maximum atomic E-state index is 4.57. The zero-order chi connectivity index (χ0) is 14.1. The summed E-state index contributed by atoms with van der Waals surface area (Å²) in [6.07, 6.45) is 4.10. The Balaban J connectivity index is 0.00000161. The topological polar surface area (TPSA) is 12.4 Å². The van der Waals surface area contributed by atoms with Gasteiger partial charge in [-0.15, -0.1) is 35.9 Å². The maximum Gasteiger partial charge on any atom is 0.0127 e. The third-order valence-electron chi connectivity index (χ3n) is 3.82. The zero-order valence-corrected chi connectivity index (χ0v) is 14.9. The Bertz CT molecular complexity index is 676. The first-order chi connectivity index (χ1) is 9.66. The van der Waals surface area contributed by atoms with E-state index >= 15 is 0 Å². The van der Waals surface area contributed by atoms with Crippen LogP contribution in [0, 0.1) is 26.8 Å². The Labute approximate surface area is 140 Å². The first-order valence-electron chi connectivity index (χ1n) is 6.96. The Kier molecular flexibility index (Phi) is 4.92. The van der Waals surface area contributed by atoms with Crippen LogP contribution in [0.15, 0.2) is 53.7 Å². The summed E-state index contributed by atoms with van der Waals surface area (Å²) in [5.74, 6) is 0.245. The molecule has 3 rings (SSSR count). The molecule has 1 radical (unpaired) electrons. The molecule has 2 heteroatoms. The van der Waals surface area contributed by atoms with E-state index in [1.165, 1.54) is 22.3 Å². The molecule has 0 amide bonds. The van der Waals surface area contributed by atoms with Crippen molar-refractivity contribution in [3.63, 3.8) is 0 Å². The molecule has 0 fully saturated rings. The van der Waals surface area contributed by atoms with Gasteiger partial charge in [0.2, 0.25) is 0 Å². The van der Waals surface area contributed by atoms with Crippen molar-refractivity contribution < 1.29 is 20.1 Å². The normalized spacial score (nSPS) is 16.5. The predicted octanol–water partition coefficient (Wildman–Crippen LogP) is 4.51. The third kappa shape index (κ3) is 3.07. The van der Waals surface area contributed by atoms with Gasteiger partial charge in [0.15, 0.2) is 0 Å². The molecular weight excluding hydrogens is 434 g/mol. The van der Waals surface area contributed by atoms with Gasteiger partial charge in [-0.05, 0) is 43.2 Å². The van der Waals surface area contributed by atoms with Gasteiger partial charge in [-0.1, -0.05) is 23.8 Å². The van der Waals surface area contributed by atoms with E-state index in [-0.39, 0.29) is 26.0 Å². The van der Waals surface area contributed by atoms with Gasteiger partial charge >= 0.3 is 0 Å². The summed E-state index contributed by atoms with van der Waals surface area (Å²) in [5, 5.41) is 0. The van der Waals surface area contributed by atoms with Crippen molar-refractivity contribution in [1.29, 1.82) is 0 Å². The summed E-state index contributed by atoms with van der Waals surface area (Å²) in [7, 11) is 0. The van der Waals surface area contributed by atoms with Gasteiger partial charge in [0.25, 0.3) is 0 Å². The second-order valence-electron chi connectivity index (χ2n) is 5.42. The molecule has 0 spiro atoms. The summed E-state index contributed by atoms with van der Waals surface area (Å²) < 4.78 is 0. The molecule has 1 atom stereocenters. The number of hydrogen-bond acceptors (Lipinski definition) is 1. The van der Waals surface area contributed by atoms with E-state index in [2.05, 4.69) is 56.1 Å². The van der Waals surface area contributed by atoms with Crippen molar-refractivity contribution in [2.24, 2.45) is 4.99 Å². The van der Waals surface area contributed by atoms with Crippen molar-refractivity contribution in [2.75, 3.05) is 0 Å². The molecule has 0 aliphatic carbocycles. The van der Waals surface area contributed by atoms with Crippen molar-refractivity contribution in [3.05, 3.63) is 82.6 Å². The standard InChI is InChI=1S/C19H18N.Ir/c1-13-11-14(2)18(15(3)12-13)17-9-10-20-19(17)16-7-5-4-6-8-16;/h4-7,9-12,17H,1-3H3;/q-1;. The Hall–Kier alpha value is -1.50. The van der Waals surface area contributed by atoms with E-state index in [1.54, 1.807) is 0 Å². The molecule has 0 bridgehead atoms. The SMILES string of the molecule is Cc1cc(C)c(C2C=CN=C2c2[c-]cccc2)c(C)c1.[Ir]. The molecule has 0 N–H and O–H groups in total. The largest absolute Gasteiger partial charge is 0.308 e. The van der Waals surface area contributed by atoms with Crippen molar-refractivity contribution in [2.45, 2.75) is 26.7 Å². The average Bonchev–Trinajstić information content (AvgIpc) is 2.87. The van der Waals surface area contributed by atoms with Gasteiger partial charge in [0, 0.05) is 32.2 Å². The minimum atomic E-state index is 0. The predicted molar refractivity (Wildman–Crippen MR) is 84.3 cm³/mol. The maximum absolute atomic E-state index is 4.57. The van der Waals surface area contributed by atoms with Crippen LogP contribution in [0.2, 0.25) is 0 Å². The number of nitrogens with zero attached hydrogens (tertiary/aromatic N) is 1. The average molecular weight is 453 g/mol. The first kappa shape index (κ1) is 15.9.